The SMILES string of the molecule is CCOC(=O)C1C2c3c(C(C)O)ccc(C)c3OC(C)(C)C12. The number of aryl methyl sites for hydroxylation is 1. The first-order valence-corrected chi connectivity index (χ1v) is 7.96. The Hall–Kier alpha value is -1.55. The third kappa shape index (κ3) is 2.12. The van der Waals surface area contributed by atoms with Crippen LogP contribution in [0.2, 0.25) is 0 Å². The van der Waals surface area contributed by atoms with Crippen molar-refractivity contribution in [3.63, 3.8) is 0 Å². The lowest BCUT2D eigenvalue weighted by molar-refractivity contribution is -0.145. The summed E-state index contributed by atoms with van der Waals surface area (Å²) in [6.07, 6.45) is -0.580. The van der Waals surface area contributed by atoms with Crippen LogP contribution >= 0.6 is 0 Å². The van der Waals surface area contributed by atoms with Crippen molar-refractivity contribution in [1.82, 2.24) is 0 Å². The summed E-state index contributed by atoms with van der Waals surface area (Å²) in [5.74, 6) is 0.702. The van der Waals surface area contributed by atoms with Gasteiger partial charge in [0.15, 0.2) is 0 Å². The lowest BCUT2D eigenvalue weighted by Gasteiger charge is -2.34. The Balaban J connectivity index is 2.10. The van der Waals surface area contributed by atoms with Crippen LogP contribution in [0.15, 0.2) is 12.1 Å². The van der Waals surface area contributed by atoms with E-state index in [9.17, 15) is 9.90 Å². The summed E-state index contributed by atoms with van der Waals surface area (Å²) in [5.41, 5.74) is 2.49. The van der Waals surface area contributed by atoms with Gasteiger partial charge < -0.3 is 14.6 Å². The number of aliphatic hydroxyl groups is 1. The Morgan fingerprint density at radius 3 is 2.73 bits per heavy atom. The standard InChI is InChI=1S/C18H24O4/c1-6-21-17(20)14-13-12-11(10(3)19)8-7-9(2)16(12)22-18(4,5)15(13)14/h7-8,10,13-15,19H,6H2,1-5H3. The summed E-state index contributed by atoms with van der Waals surface area (Å²) in [6.45, 7) is 10.0. The van der Waals surface area contributed by atoms with E-state index in [1.807, 2.05) is 39.8 Å². The summed E-state index contributed by atoms with van der Waals surface area (Å²) >= 11 is 0. The number of fused-ring (bicyclic) bond motifs is 3. The van der Waals surface area contributed by atoms with Gasteiger partial charge in [-0.2, -0.15) is 0 Å². The molecule has 1 saturated carbocycles. The number of hydrogen-bond donors (Lipinski definition) is 1. The van der Waals surface area contributed by atoms with E-state index in [1.54, 1.807) is 6.92 Å². The Bertz CT molecular complexity index is 618. The van der Waals surface area contributed by atoms with Gasteiger partial charge in [0.2, 0.25) is 0 Å². The molecule has 1 fully saturated rings. The van der Waals surface area contributed by atoms with Crippen molar-refractivity contribution in [1.29, 1.82) is 0 Å². The Morgan fingerprint density at radius 1 is 1.45 bits per heavy atom. The van der Waals surface area contributed by atoms with Gasteiger partial charge in [0.1, 0.15) is 11.4 Å². The molecule has 0 spiro atoms. The fourth-order valence-corrected chi connectivity index (χ4v) is 3.97. The minimum Gasteiger partial charge on any atom is -0.487 e. The van der Waals surface area contributed by atoms with Crippen LogP contribution in [0.5, 0.6) is 5.75 Å². The fourth-order valence-electron chi connectivity index (χ4n) is 3.97. The van der Waals surface area contributed by atoms with Gasteiger partial charge in [-0.15, -0.1) is 0 Å². The monoisotopic (exact) mass is 304 g/mol. The van der Waals surface area contributed by atoms with Crippen LogP contribution in [0.4, 0.5) is 0 Å². The van der Waals surface area contributed by atoms with Gasteiger partial charge in [-0.1, -0.05) is 12.1 Å². The minimum absolute atomic E-state index is 0.0855. The molecule has 0 aromatic heterocycles. The van der Waals surface area contributed by atoms with Crippen molar-refractivity contribution in [2.45, 2.75) is 52.2 Å². The molecule has 2 aliphatic rings. The average Bonchev–Trinajstić information content (AvgIpc) is 3.16. The first-order valence-electron chi connectivity index (χ1n) is 7.96. The van der Waals surface area contributed by atoms with Crippen molar-refractivity contribution in [2.75, 3.05) is 6.61 Å². The van der Waals surface area contributed by atoms with Gasteiger partial charge in [0.25, 0.3) is 0 Å². The van der Waals surface area contributed by atoms with Gasteiger partial charge in [-0.05, 0) is 45.7 Å². The molecule has 1 aliphatic carbocycles. The minimum atomic E-state index is -0.580. The molecule has 1 aliphatic heterocycles. The van der Waals surface area contributed by atoms with Gasteiger partial charge >= 0.3 is 5.97 Å². The Kier molecular flexibility index (Phi) is 3.48. The first-order chi connectivity index (χ1) is 10.3. The lowest BCUT2D eigenvalue weighted by atomic mass is 9.88. The molecular formula is C18H24O4. The highest BCUT2D eigenvalue weighted by Crippen LogP contribution is 2.66. The zero-order valence-corrected chi connectivity index (χ0v) is 13.8. The number of esters is 1. The number of rotatable bonds is 3. The number of hydrogen-bond acceptors (Lipinski definition) is 4. The Labute approximate surface area is 131 Å². The molecule has 0 bridgehead atoms. The van der Waals surface area contributed by atoms with Gasteiger partial charge in [0.05, 0.1) is 18.6 Å². The predicted molar refractivity (Wildman–Crippen MR) is 82.9 cm³/mol. The second-order valence-electron chi connectivity index (χ2n) is 6.93. The molecule has 4 atom stereocenters. The van der Waals surface area contributed by atoms with Crippen molar-refractivity contribution in [2.24, 2.45) is 11.8 Å². The quantitative estimate of drug-likeness (QED) is 0.872. The second-order valence-corrected chi connectivity index (χ2v) is 6.93. The third-order valence-electron chi connectivity index (χ3n) is 4.96. The van der Waals surface area contributed by atoms with Crippen LogP contribution in [-0.4, -0.2) is 23.3 Å². The maximum Gasteiger partial charge on any atom is 0.310 e. The maximum atomic E-state index is 12.3. The highest BCUT2D eigenvalue weighted by molar-refractivity contribution is 5.80. The van der Waals surface area contributed by atoms with Crippen molar-refractivity contribution < 1.29 is 19.4 Å². The molecule has 1 aromatic carbocycles. The summed E-state index contributed by atoms with van der Waals surface area (Å²) in [6, 6.07) is 3.91. The zero-order chi connectivity index (χ0) is 16.2. The van der Waals surface area contributed by atoms with Crippen LogP contribution < -0.4 is 4.74 Å². The van der Waals surface area contributed by atoms with Gasteiger partial charge in [-0.3, -0.25) is 4.79 Å². The molecule has 4 heteroatoms. The molecule has 0 saturated heterocycles. The predicted octanol–water partition coefficient (Wildman–Crippen LogP) is 3.11. The molecule has 22 heavy (non-hydrogen) atoms. The van der Waals surface area contributed by atoms with E-state index in [-0.39, 0.29) is 23.7 Å². The van der Waals surface area contributed by atoms with Crippen LogP contribution in [0.25, 0.3) is 0 Å². The molecule has 0 amide bonds. The maximum absolute atomic E-state index is 12.3. The summed E-state index contributed by atoms with van der Waals surface area (Å²) in [4.78, 5) is 12.3. The van der Waals surface area contributed by atoms with Gasteiger partial charge in [0, 0.05) is 17.4 Å². The lowest BCUT2D eigenvalue weighted by Crippen LogP contribution is -2.36. The molecule has 0 radical (unpaired) electrons. The zero-order valence-electron chi connectivity index (χ0n) is 13.8. The molecule has 120 valence electrons. The van der Waals surface area contributed by atoms with E-state index in [4.69, 9.17) is 9.47 Å². The van der Waals surface area contributed by atoms with E-state index < -0.39 is 11.7 Å². The van der Waals surface area contributed by atoms with E-state index >= 15 is 0 Å². The van der Waals surface area contributed by atoms with Crippen LogP contribution in [0.3, 0.4) is 0 Å². The number of carbonyl (C=O) groups excluding carboxylic acids is 1. The topological polar surface area (TPSA) is 55.8 Å². The highest BCUT2D eigenvalue weighted by atomic mass is 16.5. The third-order valence-corrected chi connectivity index (χ3v) is 4.96. The molecular weight excluding hydrogens is 280 g/mol. The smallest absolute Gasteiger partial charge is 0.310 e. The van der Waals surface area contributed by atoms with Crippen molar-refractivity contribution >= 4 is 5.97 Å². The highest BCUT2D eigenvalue weighted by Gasteiger charge is 2.67. The number of aliphatic hydroxyl groups excluding tert-OH is 1. The summed E-state index contributed by atoms with van der Waals surface area (Å²) < 4.78 is 11.5. The summed E-state index contributed by atoms with van der Waals surface area (Å²) in [5, 5.41) is 10.1. The number of ether oxygens (including phenoxy) is 2. The Morgan fingerprint density at radius 2 is 2.14 bits per heavy atom. The van der Waals surface area contributed by atoms with Crippen LogP contribution in [0, 0.1) is 18.8 Å². The van der Waals surface area contributed by atoms with E-state index in [0.29, 0.717) is 6.61 Å². The number of benzene rings is 1. The molecule has 1 N–H and O–H groups in total. The largest absolute Gasteiger partial charge is 0.487 e. The average molecular weight is 304 g/mol. The van der Waals surface area contributed by atoms with Crippen LogP contribution in [-0.2, 0) is 9.53 Å². The molecule has 1 heterocycles. The second kappa shape index (κ2) is 4.98. The fraction of sp³-hybridized carbons (Fsp3) is 0.611. The van der Waals surface area contributed by atoms with Gasteiger partial charge in [-0.25, -0.2) is 0 Å². The molecule has 4 unspecified atom stereocenters. The molecule has 3 rings (SSSR count). The number of carbonyl (C=O) groups is 1. The molecule has 4 nitrogen and oxygen atoms in total. The first kappa shape index (κ1) is 15.3. The van der Waals surface area contributed by atoms with Crippen LogP contribution in [0.1, 0.15) is 56.4 Å². The summed E-state index contributed by atoms with van der Waals surface area (Å²) in [7, 11) is 0. The van der Waals surface area contributed by atoms with E-state index in [2.05, 4.69) is 0 Å². The van der Waals surface area contributed by atoms with E-state index in [1.165, 1.54) is 0 Å². The van der Waals surface area contributed by atoms with E-state index in [0.717, 1.165) is 22.4 Å². The van der Waals surface area contributed by atoms with Crippen molar-refractivity contribution in [3.8, 4) is 5.75 Å². The molecule has 1 aromatic rings. The van der Waals surface area contributed by atoms with Crippen molar-refractivity contribution in [3.05, 3.63) is 28.8 Å². The normalized spacial score (nSPS) is 28.9.